The van der Waals surface area contributed by atoms with Crippen molar-refractivity contribution >= 4 is 16.9 Å². The van der Waals surface area contributed by atoms with Gasteiger partial charge in [0.2, 0.25) is 0 Å². The molecule has 2 aromatic rings. The number of amides is 1. The van der Waals surface area contributed by atoms with Crippen LogP contribution in [0.3, 0.4) is 0 Å². The molecule has 0 spiro atoms. The molecule has 2 aliphatic carbocycles. The van der Waals surface area contributed by atoms with Gasteiger partial charge in [-0.25, -0.2) is 4.79 Å². The van der Waals surface area contributed by atoms with Crippen LogP contribution in [0.25, 0.3) is 11.0 Å². The fourth-order valence-electron chi connectivity index (χ4n) is 5.13. The van der Waals surface area contributed by atoms with Crippen molar-refractivity contribution in [3.63, 3.8) is 0 Å². The Morgan fingerprint density at radius 1 is 1.13 bits per heavy atom. The van der Waals surface area contributed by atoms with Gasteiger partial charge in [0, 0.05) is 38.1 Å². The molecule has 1 saturated heterocycles. The summed E-state index contributed by atoms with van der Waals surface area (Å²) in [6.45, 7) is 5.35. The fourth-order valence-corrected chi connectivity index (χ4v) is 5.13. The van der Waals surface area contributed by atoms with Crippen LogP contribution in [-0.4, -0.2) is 61.6 Å². The standard InChI is InChI=1S/C24H28N2O4/c27-23(21-15-19-3-1-2-4-22(19)30-24(21)28)26(8-7-25-9-11-29-12-10-25)16-20-14-17-5-6-18(20)13-17/h1-6,15,17-18,20H,7-14,16H2/t17-,18-,20+/m0/s1. The van der Waals surface area contributed by atoms with Gasteiger partial charge < -0.3 is 14.1 Å². The first-order valence-corrected chi connectivity index (χ1v) is 11.0. The quantitative estimate of drug-likeness (QED) is 0.543. The molecule has 1 saturated carbocycles. The van der Waals surface area contributed by atoms with Crippen LogP contribution in [-0.2, 0) is 4.74 Å². The van der Waals surface area contributed by atoms with Crippen molar-refractivity contribution in [2.24, 2.45) is 17.8 Å². The van der Waals surface area contributed by atoms with Crippen molar-refractivity contribution < 1.29 is 13.9 Å². The van der Waals surface area contributed by atoms with E-state index in [0.29, 0.717) is 36.4 Å². The lowest BCUT2D eigenvalue weighted by Gasteiger charge is -2.32. The van der Waals surface area contributed by atoms with Crippen LogP contribution in [0.15, 0.2) is 51.7 Å². The largest absolute Gasteiger partial charge is 0.422 e. The molecule has 6 nitrogen and oxygen atoms in total. The van der Waals surface area contributed by atoms with E-state index in [1.807, 2.05) is 23.1 Å². The zero-order chi connectivity index (χ0) is 20.5. The third-order valence-electron chi connectivity index (χ3n) is 6.82. The SMILES string of the molecule is O=C(c1cc2ccccc2oc1=O)N(CCN1CCOCC1)C[C@H]1C[C@H]2C=C[C@H]1C2. The van der Waals surface area contributed by atoms with Crippen molar-refractivity contribution in [1.82, 2.24) is 9.80 Å². The molecule has 2 heterocycles. The molecule has 3 aliphatic rings. The number of nitrogens with zero attached hydrogens (tertiary/aromatic N) is 2. The second kappa shape index (κ2) is 8.36. The number of ether oxygens (including phenoxy) is 1. The number of para-hydroxylation sites is 1. The number of hydrogen-bond acceptors (Lipinski definition) is 5. The van der Waals surface area contributed by atoms with Crippen molar-refractivity contribution in [2.45, 2.75) is 12.8 Å². The molecule has 0 radical (unpaired) electrons. The van der Waals surface area contributed by atoms with E-state index in [4.69, 9.17) is 9.15 Å². The molecular formula is C24H28N2O4. The van der Waals surface area contributed by atoms with Crippen molar-refractivity contribution in [1.29, 1.82) is 0 Å². The molecule has 0 N–H and O–H groups in total. The smallest absolute Gasteiger partial charge is 0.349 e. The third kappa shape index (κ3) is 3.94. The zero-order valence-electron chi connectivity index (χ0n) is 17.2. The van der Waals surface area contributed by atoms with Crippen molar-refractivity contribution in [3.8, 4) is 0 Å². The predicted octanol–water partition coefficient (Wildman–Crippen LogP) is 2.78. The second-order valence-corrected chi connectivity index (χ2v) is 8.73. The zero-order valence-corrected chi connectivity index (χ0v) is 17.2. The Kier molecular flexibility index (Phi) is 5.44. The molecule has 158 valence electrons. The van der Waals surface area contributed by atoms with Gasteiger partial charge in [-0.3, -0.25) is 9.69 Å². The monoisotopic (exact) mass is 408 g/mol. The van der Waals surface area contributed by atoms with Crippen LogP contribution >= 0.6 is 0 Å². The summed E-state index contributed by atoms with van der Waals surface area (Å²) in [5.41, 5.74) is 0.0921. The molecule has 1 amide bonds. The lowest BCUT2D eigenvalue weighted by Crippen LogP contribution is -2.45. The summed E-state index contributed by atoms with van der Waals surface area (Å²) in [4.78, 5) is 30.3. The van der Waals surface area contributed by atoms with E-state index >= 15 is 0 Å². The van der Waals surface area contributed by atoms with Crippen LogP contribution in [0.2, 0.25) is 0 Å². The van der Waals surface area contributed by atoms with E-state index in [1.54, 1.807) is 12.1 Å². The van der Waals surface area contributed by atoms with E-state index in [9.17, 15) is 9.59 Å². The molecule has 6 heteroatoms. The predicted molar refractivity (Wildman–Crippen MR) is 114 cm³/mol. The first-order chi connectivity index (χ1) is 14.7. The summed E-state index contributed by atoms with van der Waals surface area (Å²) < 4.78 is 10.9. The minimum absolute atomic E-state index is 0.134. The number of allylic oxidation sites excluding steroid dienone is 2. The van der Waals surface area contributed by atoms with E-state index in [1.165, 1.54) is 6.42 Å². The lowest BCUT2D eigenvalue weighted by atomic mass is 9.93. The third-order valence-corrected chi connectivity index (χ3v) is 6.82. The van der Waals surface area contributed by atoms with Gasteiger partial charge in [0.1, 0.15) is 11.1 Å². The lowest BCUT2D eigenvalue weighted by molar-refractivity contribution is 0.0313. The van der Waals surface area contributed by atoms with Gasteiger partial charge in [-0.05, 0) is 42.7 Å². The first-order valence-electron chi connectivity index (χ1n) is 11.0. The average Bonchev–Trinajstić information content (AvgIpc) is 3.40. The van der Waals surface area contributed by atoms with Gasteiger partial charge in [0.15, 0.2) is 0 Å². The number of morpholine rings is 1. The highest BCUT2D eigenvalue weighted by molar-refractivity contribution is 5.96. The second-order valence-electron chi connectivity index (χ2n) is 8.73. The highest BCUT2D eigenvalue weighted by Crippen LogP contribution is 2.43. The van der Waals surface area contributed by atoms with Gasteiger partial charge >= 0.3 is 5.63 Å². The highest BCUT2D eigenvalue weighted by atomic mass is 16.5. The highest BCUT2D eigenvalue weighted by Gasteiger charge is 2.37. The van der Waals surface area contributed by atoms with Crippen LogP contribution in [0.4, 0.5) is 0 Å². The number of rotatable bonds is 6. The van der Waals surface area contributed by atoms with E-state index in [0.717, 1.165) is 44.7 Å². The van der Waals surface area contributed by atoms with Crippen LogP contribution < -0.4 is 5.63 Å². The minimum Gasteiger partial charge on any atom is -0.422 e. The molecule has 2 fully saturated rings. The normalized spacial score (nSPS) is 25.8. The Labute approximate surface area is 176 Å². The van der Waals surface area contributed by atoms with E-state index < -0.39 is 5.63 Å². The van der Waals surface area contributed by atoms with Gasteiger partial charge in [0.25, 0.3) is 5.91 Å². The Morgan fingerprint density at radius 2 is 1.97 bits per heavy atom. The number of fused-ring (bicyclic) bond motifs is 3. The molecule has 2 bridgehead atoms. The maximum atomic E-state index is 13.5. The van der Waals surface area contributed by atoms with Crippen LogP contribution in [0.1, 0.15) is 23.2 Å². The van der Waals surface area contributed by atoms with E-state index in [-0.39, 0.29) is 11.5 Å². The van der Waals surface area contributed by atoms with Crippen molar-refractivity contribution in [3.05, 3.63) is 58.5 Å². The molecule has 0 unspecified atom stereocenters. The summed E-state index contributed by atoms with van der Waals surface area (Å²) in [5, 5.41) is 0.774. The molecule has 1 aromatic heterocycles. The van der Waals surface area contributed by atoms with Gasteiger partial charge in [0.05, 0.1) is 13.2 Å². The van der Waals surface area contributed by atoms with Crippen LogP contribution in [0, 0.1) is 17.8 Å². The fraction of sp³-hybridized carbons (Fsp3) is 0.500. The van der Waals surface area contributed by atoms with Crippen LogP contribution in [0.5, 0.6) is 0 Å². The topological polar surface area (TPSA) is 63.0 Å². The summed E-state index contributed by atoms with van der Waals surface area (Å²) in [6, 6.07) is 9.01. The van der Waals surface area contributed by atoms with Gasteiger partial charge in [-0.15, -0.1) is 0 Å². The summed E-state index contributed by atoms with van der Waals surface area (Å²) >= 11 is 0. The van der Waals surface area contributed by atoms with Gasteiger partial charge in [-0.2, -0.15) is 0 Å². The Balaban J connectivity index is 1.38. The van der Waals surface area contributed by atoms with Crippen molar-refractivity contribution in [2.75, 3.05) is 45.9 Å². The van der Waals surface area contributed by atoms with E-state index in [2.05, 4.69) is 17.1 Å². The Bertz CT molecular complexity index is 1010. The summed E-state index contributed by atoms with van der Waals surface area (Å²) in [6.07, 6.45) is 6.97. The molecular weight excluding hydrogens is 380 g/mol. The average molecular weight is 408 g/mol. The molecule has 30 heavy (non-hydrogen) atoms. The summed E-state index contributed by atoms with van der Waals surface area (Å²) in [5.74, 6) is 1.47. The van der Waals surface area contributed by atoms with Gasteiger partial charge in [-0.1, -0.05) is 30.4 Å². The maximum absolute atomic E-state index is 13.5. The summed E-state index contributed by atoms with van der Waals surface area (Å²) in [7, 11) is 0. The minimum atomic E-state index is -0.553. The molecule has 1 aliphatic heterocycles. The molecule has 3 atom stereocenters. The molecule has 5 rings (SSSR count). The number of carbonyl (C=O) groups is 1. The number of benzene rings is 1. The Hall–Kier alpha value is -2.44. The maximum Gasteiger partial charge on any atom is 0.349 e. The first kappa shape index (κ1) is 19.5. The number of carbonyl (C=O) groups excluding carboxylic acids is 1. The Morgan fingerprint density at radius 3 is 2.73 bits per heavy atom. The molecule has 1 aromatic carbocycles. The number of hydrogen-bond donors (Lipinski definition) is 0.